The van der Waals surface area contributed by atoms with Gasteiger partial charge in [-0.1, -0.05) is 0 Å². The summed E-state index contributed by atoms with van der Waals surface area (Å²) >= 11 is 5.14. The van der Waals surface area contributed by atoms with Crippen LogP contribution in [-0.2, 0) is 4.79 Å². The molecule has 1 amide bonds. The van der Waals surface area contributed by atoms with E-state index in [-0.39, 0.29) is 11.9 Å². The standard InChI is InChI=1S/C10H12BrN3OS/c11-7-2-1-3-13-9(7)14-10(15)8-6-16-5-4-12-8/h1-3,8,12H,4-6H2,(H,13,14,15). The van der Waals surface area contributed by atoms with Gasteiger partial charge in [-0.15, -0.1) is 0 Å². The van der Waals surface area contributed by atoms with Crippen molar-refractivity contribution in [2.45, 2.75) is 6.04 Å². The van der Waals surface area contributed by atoms with Crippen molar-refractivity contribution < 1.29 is 4.79 Å². The van der Waals surface area contributed by atoms with Crippen molar-refractivity contribution in [1.29, 1.82) is 0 Å². The molecule has 1 aliphatic heterocycles. The molecule has 86 valence electrons. The normalized spacial score (nSPS) is 20.4. The van der Waals surface area contributed by atoms with E-state index >= 15 is 0 Å². The van der Waals surface area contributed by atoms with E-state index in [1.807, 2.05) is 12.1 Å². The molecule has 1 aliphatic rings. The van der Waals surface area contributed by atoms with Gasteiger partial charge in [-0.25, -0.2) is 4.98 Å². The van der Waals surface area contributed by atoms with Gasteiger partial charge < -0.3 is 10.6 Å². The van der Waals surface area contributed by atoms with E-state index < -0.39 is 0 Å². The third kappa shape index (κ3) is 2.96. The number of aromatic nitrogens is 1. The quantitative estimate of drug-likeness (QED) is 0.869. The fourth-order valence-corrected chi connectivity index (χ4v) is 2.70. The summed E-state index contributed by atoms with van der Waals surface area (Å²) in [6.07, 6.45) is 1.66. The van der Waals surface area contributed by atoms with Gasteiger partial charge in [0, 0.05) is 24.2 Å². The number of amides is 1. The number of anilines is 1. The van der Waals surface area contributed by atoms with E-state index in [0.29, 0.717) is 5.82 Å². The molecule has 2 rings (SSSR count). The number of halogens is 1. The minimum Gasteiger partial charge on any atom is -0.308 e. The molecule has 1 unspecified atom stereocenters. The maximum absolute atomic E-state index is 11.9. The van der Waals surface area contributed by atoms with Crippen molar-refractivity contribution >= 4 is 39.4 Å². The number of rotatable bonds is 2. The van der Waals surface area contributed by atoms with Gasteiger partial charge in [0.15, 0.2) is 0 Å². The van der Waals surface area contributed by atoms with Crippen LogP contribution in [0.15, 0.2) is 22.8 Å². The van der Waals surface area contributed by atoms with Crippen LogP contribution >= 0.6 is 27.7 Å². The molecule has 1 aromatic heterocycles. The van der Waals surface area contributed by atoms with E-state index in [0.717, 1.165) is 22.5 Å². The number of nitrogens with zero attached hydrogens (tertiary/aromatic N) is 1. The SMILES string of the molecule is O=C(Nc1ncccc1Br)C1CSCCN1. The van der Waals surface area contributed by atoms with Crippen molar-refractivity contribution in [3.05, 3.63) is 22.8 Å². The minimum atomic E-state index is -0.118. The highest BCUT2D eigenvalue weighted by atomic mass is 79.9. The number of hydrogen-bond donors (Lipinski definition) is 2. The fraction of sp³-hybridized carbons (Fsp3) is 0.400. The molecular weight excluding hydrogens is 290 g/mol. The third-order valence-corrected chi connectivity index (χ3v) is 3.94. The molecule has 2 heterocycles. The van der Waals surface area contributed by atoms with Gasteiger partial charge in [-0.3, -0.25) is 4.79 Å². The zero-order valence-corrected chi connectivity index (χ0v) is 11.0. The molecule has 1 aromatic rings. The first-order chi connectivity index (χ1) is 7.77. The molecule has 1 saturated heterocycles. The summed E-state index contributed by atoms with van der Waals surface area (Å²) in [5.41, 5.74) is 0. The maximum Gasteiger partial charge on any atom is 0.243 e. The number of nitrogens with one attached hydrogen (secondary N) is 2. The Hall–Kier alpha value is -0.590. The largest absolute Gasteiger partial charge is 0.308 e. The molecule has 4 nitrogen and oxygen atoms in total. The third-order valence-electron chi connectivity index (χ3n) is 2.24. The summed E-state index contributed by atoms with van der Waals surface area (Å²) in [4.78, 5) is 16.0. The van der Waals surface area contributed by atoms with Gasteiger partial charge in [-0.2, -0.15) is 11.8 Å². The van der Waals surface area contributed by atoms with Gasteiger partial charge in [-0.05, 0) is 28.1 Å². The lowest BCUT2D eigenvalue weighted by Crippen LogP contribution is -2.46. The molecule has 0 spiro atoms. The van der Waals surface area contributed by atoms with Gasteiger partial charge in [0.05, 0.1) is 10.5 Å². The van der Waals surface area contributed by atoms with Crippen molar-refractivity contribution in [3.63, 3.8) is 0 Å². The first kappa shape index (κ1) is 11.9. The predicted molar refractivity (Wildman–Crippen MR) is 69.7 cm³/mol. The Balaban J connectivity index is 1.99. The van der Waals surface area contributed by atoms with Crippen molar-refractivity contribution in [3.8, 4) is 0 Å². The Labute approximate surface area is 107 Å². The lowest BCUT2D eigenvalue weighted by Gasteiger charge is -2.22. The molecule has 0 aromatic carbocycles. The van der Waals surface area contributed by atoms with E-state index in [9.17, 15) is 4.79 Å². The Kier molecular flexibility index (Phi) is 4.20. The zero-order chi connectivity index (χ0) is 11.4. The van der Waals surface area contributed by atoms with Gasteiger partial charge in [0.25, 0.3) is 0 Å². The summed E-state index contributed by atoms with van der Waals surface area (Å²) in [7, 11) is 0. The number of thioether (sulfide) groups is 1. The molecule has 1 atom stereocenters. The van der Waals surface area contributed by atoms with Crippen LogP contribution in [0.5, 0.6) is 0 Å². The van der Waals surface area contributed by atoms with Crippen LogP contribution < -0.4 is 10.6 Å². The maximum atomic E-state index is 11.9. The number of pyridine rings is 1. The van der Waals surface area contributed by atoms with E-state index in [4.69, 9.17) is 0 Å². The Morgan fingerprint density at radius 1 is 1.69 bits per heavy atom. The Morgan fingerprint density at radius 2 is 2.56 bits per heavy atom. The highest BCUT2D eigenvalue weighted by Crippen LogP contribution is 2.19. The molecule has 6 heteroatoms. The molecule has 0 bridgehead atoms. The molecule has 1 fully saturated rings. The van der Waals surface area contributed by atoms with Crippen LogP contribution in [0.25, 0.3) is 0 Å². The highest BCUT2D eigenvalue weighted by molar-refractivity contribution is 9.10. The summed E-state index contributed by atoms with van der Waals surface area (Å²) in [6, 6.07) is 3.55. The molecular formula is C10H12BrN3OS. The van der Waals surface area contributed by atoms with Crippen molar-refractivity contribution in [2.24, 2.45) is 0 Å². The second-order valence-corrected chi connectivity index (χ2v) is 5.41. The summed E-state index contributed by atoms with van der Waals surface area (Å²) < 4.78 is 0.798. The first-order valence-electron chi connectivity index (χ1n) is 5.00. The zero-order valence-electron chi connectivity index (χ0n) is 8.57. The molecule has 0 saturated carbocycles. The van der Waals surface area contributed by atoms with Crippen LogP contribution in [0, 0.1) is 0 Å². The van der Waals surface area contributed by atoms with Crippen molar-refractivity contribution in [2.75, 3.05) is 23.4 Å². The minimum absolute atomic E-state index is 0.0217. The van der Waals surface area contributed by atoms with Crippen LogP contribution in [0.1, 0.15) is 0 Å². The lowest BCUT2D eigenvalue weighted by molar-refractivity contribution is -0.117. The van der Waals surface area contributed by atoms with Gasteiger partial charge >= 0.3 is 0 Å². The Bertz CT molecular complexity index is 382. The summed E-state index contributed by atoms with van der Waals surface area (Å²) in [6.45, 7) is 0.881. The molecule has 2 N–H and O–H groups in total. The monoisotopic (exact) mass is 301 g/mol. The summed E-state index contributed by atoms with van der Waals surface area (Å²) in [5, 5.41) is 5.99. The second-order valence-electron chi connectivity index (χ2n) is 3.40. The van der Waals surface area contributed by atoms with Crippen LogP contribution in [-0.4, -0.2) is 35.0 Å². The molecule has 0 aliphatic carbocycles. The van der Waals surface area contributed by atoms with Gasteiger partial charge in [0.1, 0.15) is 5.82 Å². The van der Waals surface area contributed by atoms with E-state index in [1.54, 1.807) is 18.0 Å². The average molecular weight is 302 g/mol. The van der Waals surface area contributed by atoms with Crippen LogP contribution in [0.4, 0.5) is 5.82 Å². The number of hydrogen-bond acceptors (Lipinski definition) is 4. The van der Waals surface area contributed by atoms with Crippen LogP contribution in [0.3, 0.4) is 0 Å². The smallest absolute Gasteiger partial charge is 0.243 e. The second kappa shape index (κ2) is 5.65. The first-order valence-corrected chi connectivity index (χ1v) is 6.94. The van der Waals surface area contributed by atoms with E-state index in [2.05, 4.69) is 31.5 Å². The number of carbonyl (C=O) groups is 1. The predicted octanol–water partition coefficient (Wildman–Crippen LogP) is 1.49. The van der Waals surface area contributed by atoms with Crippen LogP contribution in [0.2, 0.25) is 0 Å². The highest BCUT2D eigenvalue weighted by Gasteiger charge is 2.21. The summed E-state index contributed by atoms with van der Waals surface area (Å²) in [5.74, 6) is 2.43. The topological polar surface area (TPSA) is 54.0 Å². The van der Waals surface area contributed by atoms with E-state index in [1.165, 1.54) is 0 Å². The number of carbonyl (C=O) groups excluding carboxylic acids is 1. The lowest BCUT2D eigenvalue weighted by atomic mass is 10.3. The average Bonchev–Trinajstić information content (AvgIpc) is 2.33. The molecule has 0 radical (unpaired) electrons. The Morgan fingerprint density at radius 3 is 3.25 bits per heavy atom. The fourth-order valence-electron chi connectivity index (χ4n) is 1.42. The van der Waals surface area contributed by atoms with Crippen molar-refractivity contribution in [1.82, 2.24) is 10.3 Å². The van der Waals surface area contributed by atoms with Gasteiger partial charge in [0.2, 0.25) is 5.91 Å². The molecule has 16 heavy (non-hydrogen) atoms.